The molecule has 0 spiro atoms. The second-order valence-corrected chi connectivity index (χ2v) is 1.99. The van der Waals surface area contributed by atoms with Crippen LogP contribution in [0.2, 0.25) is 0 Å². The van der Waals surface area contributed by atoms with Crippen molar-refractivity contribution < 1.29 is 19.1 Å². The molecule has 4 heteroatoms. The van der Waals surface area contributed by atoms with Gasteiger partial charge in [-0.2, -0.15) is 0 Å². The number of rotatable bonds is 2. The van der Waals surface area contributed by atoms with Gasteiger partial charge in [-0.05, 0) is 6.92 Å². The number of carbonyl (C=O) groups excluding carboxylic acids is 2. The quantitative estimate of drug-likeness (QED) is 0.418. The van der Waals surface area contributed by atoms with Crippen molar-refractivity contribution >= 4 is 11.8 Å². The van der Waals surface area contributed by atoms with Crippen LogP contribution in [0.5, 0.6) is 0 Å². The molecule has 60 valence electrons. The standard InChI is InChI=1S/C7H8O4/c1-2-11-7(9)5-3-10-4-6(5)8/h3H,2,4H2,1H3. The first-order valence-electron chi connectivity index (χ1n) is 3.27. The molecule has 0 saturated heterocycles. The summed E-state index contributed by atoms with van der Waals surface area (Å²) >= 11 is 0. The Balaban J connectivity index is 2.60. The fourth-order valence-electron chi connectivity index (χ4n) is 0.715. The zero-order chi connectivity index (χ0) is 8.27. The van der Waals surface area contributed by atoms with Crippen molar-refractivity contribution in [1.29, 1.82) is 0 Å². The van der Waals surface area contributed by atoms with Crippen LogP contribution in [0.25, 0.3) is 0 Å². The van der Waals surface area contributed by atoms with Gasteiger partial charge in [-0.3, -0.25) is 4.79 Å². The molecule has 0 bridgehead atoms. The summed E-state index contributed by atoms with van der Waals surface area (Å²) in [5.74, 6) is -0.918. The van der Waals surface area contributed by atoms with E-state index in [1.807, 2.05) is 0 Å². The average molecular weight is 156 g/mol. The van der Waals surface area contributed by atoms with E-state index < -0.39 is 5.97 Å². The van der Waals surface area contributed by atoms with Crippen molar-refractivity contribution in [3.8, 4) is 0 Å². The monoisotopic (exact) mass is 156 g/mol. The maximum Gasteiger partial charge on any atom is 0.345 e. The van der Waals surface area contributed by atoms with Crippen LogP contribution in [0.3, 0.4) is 0 Å². The lowest BCUT2D eigenvalue weighted by Crippen LogP contribution is -2.14. The van der Waals surface area contributed by atoms with Gasteiger partial charge in [0.05, 0.1) is 6.61 Å². The predicted molar refractivity (Wildman–Crippen MR) is 35.7 cm³/mol. The number of ether oxygens (including phenoxy) is 2. The van der Waals surface area contributed by atoms with Gasteiger partial charge in [0, 0.05) is 0 Å². The first-order chi connectivity index (χ1) is 5.25. The van der Waals surface area contributed by atoms with Gasteiger partial charge >= 0.3 is 5.97 Å². The molecule has 0 aliphatic carbocycles. The fourth-order valence-corrected chi connectivity index (χ4v) is 0.715. The Labute approximate surface area is 63.8 Å². The molecule has 1 heterocycles. The molecule has 0 unspecified atom stereocenters. The minimum Gasteiger partial charge on any atom is -0.492 e. The minimum atomic E-state index is -0.602. The Morgan fingerprint density at radius 2 is 2.55 bits per heavy atom. The number of Topliss-reactive ketones (excluding diaryl/α,β-unsaturated/α-hetero) is 1. The van der Waals surface area contributed by atoms with Crippen LogP contribution in [0.1, 0.15) is 6.92 Å². The molecule has 0 saturated carbocycles. The third kappa shape index (κ3) is 1.58. The second kappa shape index (κ2) is 3.18. The van der Waals surface area contributed by atoms with Gasteiger partial charge in [0.1, 0.15) is 11.8 Å². The van der Waals surface area contributed by atoms with E-state index in [1.54, 1.807) is 6.92 Å². The van der Waals surface area contributed by atoms with Crippen LogP contribution < -0.4 is 0 Å². The van der Waals surface area contributed by atoms with E-state index in [0.717, 1.165) is 6.26 Å². The molecule has 4 nitrogen and oxygen atoms in total. The number of carbonyl (C=O) groups is 2. The molecular formula is C7H8O4. The van der Waals surface area contributed by atoms with Crippen molar-refractivity contribution in [2.75, 3.05) is 13.2 Å². The molecule has 0 radical (unpaired) electrons. The largest absolute Gasteiger partial charge is 0.492 e. The normalized spacial score (nSPS) is 15.7. The average Bonchev–Trinajstić information content (AvgIpc) is 2.36. The van der Waals surface area contributed by atoms with Crippen molar-refractivity contribution in [1.82, 2.24) is 0 Å². The van der Waals surface area contributed by atoms with Crippen LogP contribution in [0.4, 0.5) is 0 Å². The predicted octanol–water partition coefficient (Wildman–Crippen LogP) is 0.0327. The van der Waals surface area contributed by atoms with Gasteiger partial charge in [0.25, 0.3) is 0 Å². The molecule has 11 heavy (non-hydrogen) atoms. The molecule has 0 N–H and O–H groups in total. The molecule has 0 atom stereocenters. The Morgan fingerprint density at radius 3 is 3.00 bits per heavy atom. The highest BCUT2D eigenvalue weighted by Crippen LogP contribution is 2.07. The van der Waals surface area contributed by atoms with Gasteiger partial charge in [0.15, 0.2) is 6.61 Å². The smallest absolute Gasteiger partial charge is 0.345 e. The molecule has 0 amide bonds. The van der Waals surface area contributed by atoms with Crippen molar-refractivity contribution in [3.05, 3.63) is 11.8 Å². The Bertz CT molecular complexity index is 216. The van der Waals surface area contributed by atoms with Gasteiger partial charge in [-0.1, -0.05) is 0 Å². The van der Waals surface area contributed by atoms with Crippen LogP contribution in [0.15, 0.2) is 11.8 Å². The van der Waals surface area contributed by atoms with E-state index >= 15 is 0 Å². The van der Waals surface area contributed by atoms with Gasteiger partial charge in [0.2, 0.25) is 5.78 Å². The maximum atomic E-state index is 10.9. The highest BCUT2D eigenvalue weighted by atomic mass is 16.5. The molecule has 0 aromatic carbocycles. The first-order valence-corrected chi connectivity index (χ1v) is 3.27. The van der Waals surface area contributed by atoms with E-state index in [2.05, 4.69) is 9.47 Å². The Kier molecular flexibility index (Phi) is 2.25. The summed E-state index contributed by atoms with van der Waals surface area (Å²) in [6.45, 7) is 1.90. The number of hydrogen-bond donors (Lipinski definition) is 0. The lowest BCUT2D eigenvalue weighted by atomic mass is 10.2. The Hall–Kier alpha value is -1.32. The summed E-state index contributed by atoms with van der Waals surface area (Å²) in [7, 11) is 0. The van der Waals surface area contributed by atoms with Crippen LogP contribution in [-0.2, 0) is 19.1 Å². The van der Waals surface area contributed by atoms with E-state index in [0.29, 0.717) is 0 Å². The number of hydrogen-bond acceptors (Lipinski definition) is 4. The van der Waals surface area contributed by atoms with E-state index in [1.165, 1.54) is 0 Å². The van der Waals surface area contributed by atoms with Gasteiger partial charge in [-0.25, -0.2) is 4.79 Å². The second-order valence-electron chi connectivity index (χ2n) is 1.99. The summed E-state index contributed by atoms with van der Waals surface area (Å²) < 4.78 is 9.21. The van der Waals surface area contributed by atoms with E-state index in [4.69, 9.17) is 0 Å². The van der Waals surface area contributed by atoms with Crippen LogP contribution in [0, 0.1) is 0 Å². The van der Waals surface area contributed by atoms with Gasteiger partial charge < -0.3 is 9.47 Å². The molecule has 0 aromatic heterocycles. The zero-order valence-corrected chi connectivity index (χ0v) is 6.12. The SMILES string of the molecule is CCOC(=O)C1=COCC1=O. The fraction of sp³-hybridized carbons (Fsp3) is 0.429. The molecule has 0 aromatic rings. The minimum absolute atomic E-state index is 0.00634. The topological polar surface area (TPSA) is 52.6 Å². The number of ketones is 1. The zero-order valence-electron chi connectivity index (χ0n) is 6.12. The highest BCUT2D eigenvalue weighted by Gasteiger charge is 2.24. The summed E-state index contributed by atoms with van der Waals surface area (Å²) in [6, 6.07) is 0. The van der Waals surface area contributed by atoms with Crippen molar-refractivity contribution in [2.24, 2.45) is 0 Å². The van der Waals surface area contributed by atoms with Crippen LogP contribution >= 0.6 is 0 Å². The summed E-state index contributed by atoms with van der Waals surface area (Å²) in [5, 5.41) is 0. The highest BCUT2D eigenvalue weighted by molar-refractivity contribution is 6.18. The lowest BCUT2D eigenvalue weighted by Gasteiger charge is -1.97. The molecular weight excluding hydrogens is 148 g/mol. The number of esters is 1. The van der Waals surface area contributed by atoms with Crippen LogP contribution in [-0.4, -0.2) is 25.0 Å². The summed E-state index contributed by atoms with van der Waals surface area (Å²) in [6.07, 6.45) is 1.14. The Morgan fingerprint density at radius 1 is 1.82 bits per heavy atom. The van der Waals surface area contributed by atoms with Crippen molar-refractivity contribution in [3.63, 3.8) is 0 Å². The van der Waals surface area contributed by atoms with Gasteiger partial charge in [-0.15, -0.1) is 0 Å². The molecule has 1 aliphatic heterocycles. The molecule has 1 rings (SSSR count). The third-order valence-corrected chi connectivity index (χ3v) is 1.21. The molecule has 1 aliphatic rings. The third-order valence-electron chi connectivity index (χ3n) is 1.21. The van der Waals surface area contributed by atoms with Crippen molar-refractivity contribution in [2.45, 2.75) is 6.92 Å². The maximum absolute atomic E-state index is 10.9. The summed E-state index contributed by atoms with van der Waals surface area (Å²) in [5.41, 5.74) is 0.00634. The van der Waals surface area contributed by atoms with E-state index in [9.17, 15) is 9.59 Å². The summed E-state index contributed by atoms with van der Waals surface area (Å²) in [4.78, 5) is 21.7. The van der Waals surface area contributed by atoms with E-state index in [-0.39, 0.29) is 24.6 Å². The first kappa shape index (κ1) is 7.78. The lowest BCUT2D eigenvalue weighted by molar-refractivity contribution is -0.139. The molecule has 0 fully saturated rings.